The first-order valence-corrected chi connectivity index (χ1v) is 15.1. The number of benzene rings is 1. The van der Waals surface area contributed by atoms with Gasteiger partial charge in [-0.2, -0.15) is 11.8 Å². The molecule has 0 fully saturated rings. The van der Waals surface area contributed by atoms with Gasteiger partial charge in [0.15, 0.2) is 0 Å². The summed E-state index contributed by atoms with van der Waals surface area (Å²) in [6.07, 6.45) is 9.69. The van der Waals surface area contributed by atoms with Crippen LogP contribution in [0.4, 0.5) is 10.3 Å². The molecule has 2 aromatic heterocycles. The van der Waals surface area contributed by atoms with Crippen LogP contribution in [0.3, 0.4) is 0 Å². The van der Waals surface area contributed by atoms with Gasteiger partial charge in [0.2, 0.25) is 22.1 Å². The average molecular weight is 571 g/mol. The quantitative estimate of drug-likeness (QED) is 0.263. The van der Waals surface area contributed by atoms with Gasteiger partial charge in [-0.1, -0.05) is 84.2 Å². The highest BCUT2D eigenvalue weighted by Gasteiger charge is 2.30. The van der Waals surface area contributed by atoms with Gasteiger partial charge < -0.3 is 15.7 Å². The Hall–Kier alpha value is -2.93. The molecule has 3 aromatic rings. The van der Waals surface area contributed by atoms with Crippen LogP contribution in [0.5, 0.6) is 0 Å². The normalized spacial score (nSPS) is 17.3. The molecule has 4 rings (SSSR count). The number of aryl methyl sites for hydroxylation is 2. The zero-order chi connectivity index (χ0) is 26.7. The fourth-order valence-electron chi connectivity index (χ4n) is 3.99. The third-order valence-corrected chi connectivity index (χ3v) is 8.79. The molecule has 0 saturated heterocycles. The van der Waals surface area contributed by atoms with Crippen molar-refractivity contribution in [2.45, 2.75) is 26.2 Å². The second-order valence-corrected chi connectivity index (χ2v) is 12.2. The number of nitrogens with one attached hydrogen (secondary N) is 2. The van der Waals surface area contributed by atoms with Gasteiger partial charge in [-0.05, 0) is 28.9 Å². The van der Waals surface area contributed by atoms with E-state index in [1.807, 2.05) is 61.6 Å². The van der Waals surface area contributed by atoms with E-state index in [-0.39, 0.29) is 30.3 Å². The van der Waals surface area contributed by atoms with Gasteiger partial charge >= 0.3 is 0 Å². The topological polar surface area (TPSA) is 130 Å². The van der Waals surface area contributed by atoms with Crippen LogP contribution < -0.4 is 10.6 Å². The number of rotatable bonds is 13. The van der Waals surface area contributed by atoms with Gasteiger partial charge in [0.1, 0.15) is 10.0 Å². The molecule has 1 aliphatic rings. The van der Waals surface area contributed by atoms with Crippen LogP contribution in [-0.4, -0.2) is 55.4 Å². The van der Waals surface area contributed by atoms with Gasteiger partial charge in [0, 0.05) is 12.8 Å². The molecule has 0 spiro atoms. The summed E-state index contributed by atoms with van der Waals surface area (Å²) in [6, 6.07) is 9.58. The Morgan fingerprint density at radius 1 is 0.947 bits per heavy atom. The number of hydrogen-bond acceptors (Lipinski definition) is 10. The standard InChI is InChI=1S/C26H30N6O3S3/c1-17-7-5-6-10-19(17)20(16-33)24(35)28-26-32-30-23(38-26)12-14-36-13-11-22-29-31-25(37-22)27-21(34)15-18-8-3-2-4-9-18/h2-10,17,19-20,33H,11-16H2,1H3,(H,27,31,34)(H,28,32,35). The molecule has 1 aromatic carbocycles. The summed E-state index contributed by atoms with van der Waals surface area (Å²) >= 11 is 4.53. The molecule has 1 aliphatic carbocycles. The number of aliphatic hydroxyl groups is 1. The van der Waals surface area contributed by atoms with Crippen molar-refractivity contribution < 1.29 is 14.7 Å². The number of carbonyl (C=O) groups is 2. The highest BCUT2D eigenvalue weighted by atomic mass is 32.2. The molecule has 2 heterocycles. The van der Waals surface area contributed by atoms with Gasteiger partial charge in [-0.25, -0.2) is 0 Å². The van der Waals surface area contributed by atoms with E-state index in [1.165, 1.54) is 22.7 Å². The van der Waals surface area contributed by atoms with Crippen LogP contribution in [-0.2, 0) is 28.9 Å². The monoisotopic (exact) mass is 570 g/mol. The SMILES string of the molecule is CC1C=CC=CC1C(CO)C(=O)Nc1nnc(CCSCCc2nnc(NC(=O)Cc3ccccc3)s2)s1. The molecule has 3 N–H and O–H groups in total. The van der Waals surface area contributed by atoms with Crippen LogP contribution >= 0.6 is 34.4 Å². The lowest BCUT2D eigenvalue weighted by Crippen LogP contribution is -2.34. The average Bonchev–Trinajstić information content (AvgIpc) is 3.55. The van der Waals surface area contributed by atoms with E-state index in [2.05, 4.69) is 31.0 Å². The van der Waals surface area contributed by atoms with Crippen molar-refractivity contribution in [3.8, 4) is 0 Å². The minimum absolute atomic E-state index is 0.0523. The molecule has 2 amide bonds. The number of nitrogens with zero attached hydrogens (tertiary/aromatic N) is 4. The Bertz CT molecular complexity index is 1260. The van der Waals surface area contributed by atoms with Gasteiger partial charge in [0.25, 0.3) is 0 Å². The van der Waals surface area contributed by atoms with Crippen LogP contribution in [0.1, 0.15) is 22.5 Å². The Morgan fingerprint density at radius 2 is 1.58 bits per heavy atom. The first-order chi connectivity index (χ1) is 18.5. The Kier molecular flexibility index (Phi) is 10.6. The second-order valence-electron chi connectivity index (χ2n) is 8.81. The fourth-order valence-corrected chi connectivity index (χ4v) is 6.63. The number of carbonyl (C=O) groups excluding carboxylic acids is 2. The molecule has 3 atom stereocenters. The molecule has 9 nitrogen and oxygen atoms in total. The highest BCUT2D eigenvalue weighted by molar-refractivity contribution is 7.99. The van der Waals surface area contributed by atoms with Crippen molar-refractivity contribution in [3.05, 3.63) is 70.2 Å². The van der Waals surface area contributed by atoms with Crippen molar-refractivity contribution in [1.82, 2.24) is 20.4 Å². The molecule has 200 valence electrons. The lowest BCUT2D eigenvalue weighted by atomic mass is 9.80. The van der Waals surface area contributed by atoms with Crippen molar-refractivity contribution in [3.63, 3.8) is 0 Å². The summed E-state index contributed by atoms with van der Waals surface area (Å²) in [4.78, 5) is 24.9. The third kappa shape index (κ3) is 8.29. The molecule has 0 bridgehead atoms. The summed E-state index contributed by atoms with van der Waals surface area (Å²) in [6.45, 7) is 1.81. The number of amides is 2. The molecular formula is C26H30N6O3S3. The molecule has 12 heteroatoms. The molecule has 38 heavy (non-hydrogen) atoms. The molecule has 0 radical (unpaired) electrons. The van der Waals surface area contributed by atoms with E-state index in [4.69, 9.17) is 0 Å². The summed E-state index contributed by atoms with van der Waals surface area (Å²) in [5.41, 5.74) is 0.953. The van der Waals surface area contributed by atoms with Crippen molar-refractivity contribution in [2.24, 2.45) is 17.8 Å². The van der Waals surface area contributed by atoms with Crippen LogP contribution in [0.2, 0.25) is 0 Å². The zero-order valence-corrected chi connectivity index (χ0v) is 23.4. The number of aliphatic hydroxyl groups excluding tert-OH is 1. The minimum atomic E-state index is -0.535. The number of thioether (sulfide) groups is 1. The summed E-state index contributed by atoms with van der Waals surface area (Å²) in [5, 5.41) is 34.7. The maximum absolute atomic E-state index is 12.7. The number of allylic oxidation sites excluding steroid dienone is 4. The molecule has 3 unspecified atom stereocenters. The molecule has 0 aliphatic heterocycles. The maximum Gasteiger partial charge on any atom is 0.232 e. The number of anilines is 2. The molecular weight excluding hydrogens is 541 g/mol. The zero-order valence-electron chi connectivity index (χ0n) is 20.9. The van der Waals surface area contributed by atoms with Crippen LogP contribution in [0.15, 0.2) is 54.6 Å². The van der Waals surface area contributed by atoms with E-state index in [0.29, 0.717) is 16.7 Å². The first-order valence-electron chi connectivity index (χ1n) is 12.3. The fraction of sp³-hybridized carbons (Fsp3) is 0.385. The Morgan fingerprint density at radius 3 is 2.21 bits per heavy atom. The number of hydrogen-bond donors (Lipinski definition) is 3. The van der Waals surface area contributed by atoms with Gasteiger partial charge in [-0.15, -0.1) is 20.4 Å². The summed E-state index contributed by atoms with van der Waals surface area (Å²) < 4.78 is 0. The van der Waals surface area contributed by atoms with E-state index >= 15 is 0 Å². The largest absolute Gasteiger partial charge is 0.396 e. The summed E-state index contributed by atoms with van der Waals surface area (Å²) in [7, 11) is 0. The van der Waals surface area contributed by atoms with Gasteiger partial charge in [-0.3, -0.25) is 9.59 Å². The smallest absolute Gasteiger partial charge is 0.232 e. The predicted molar refractivity (Wildman–Crippen MR) is 153 cm³/mol. The lowest BCUT2D eigenvalue weighted by molar-refractivity contribution is -0.122. The van der Waals surface area contributed by atoms with Crippen LogP contribution in [0.25, 0.3) is 0 Å². The first kappa shape index (κ1) is 28.1. The van der Waals surface area contributed by atoms with Crippen molar-refractivity contribution >= 4 is 56.5 Å². The Labute approximate surface area is 233 Å². The summed E-state index contributed by atoms with van der Waals surface area (Å²) in [5.74, 6) is 0.970. The highest BCUT2D eigenvalue weighted by Crippen LogP contribution is 2.28. The van der Waals surface area contributed by atoms with Crippen molar-refractivity contribution in [1.29, 1.82) is 0 Å². The Balaban J connectivity index is 1.14. The second kappa shape index (κ2) is 14.3. The van der Waals surface area contributed by atoms with E-state index in [0.717, 1.165) is 39.9 Å². The lowest BCUT2D eigenvalue weighted by Gasteiger charge is -2.27. The maximum atomic E-state index is 12.7. The van der Waals surface area contributed by atoms with E-state index in [9.17, 15) is 14.7 Å². The van der Waals surface area contributed by atoms with E-state index in [1.54, 1.807) is 11.8 Å². The number of aromatic nitrogens is 4. The van der Waals surface area contributed by atoms with Crippen molar-refractivity contribution in [2.75, 3.05) is 28.7 Å². The predicted octanol–water partition coefficient (Wildman–Crippen LogP) is 4.01. The molecule has 0 saturated carbocycles. The third-order valence-electron chi connectivity index (χ3n) is 6.00. The minimum Gasteiger partial charge on any atom is -0.396 e. The van der Waals surface area contributed by atoms with Crippen LogP contribution in [0, 0.1) is 17.8 Å². The van der Waals surface area contributed by atoms with Gasteiger partial charge in [0.05, 0.1) is 18.9 Å². The van der Waals surface area contributed by atoms with E-state index < -0.39 is 5.92 Å².